The van der Waals surface area contributed by atoms with E-state index < -0.39 is 0 Å². The maximum absolute atomic E-state index is 13.9. The van der Waals surface area contributed by atoms with E-state index in [1.807, 2.05) is 38.8 Å². The van der Waals surface area contributed by atoms with Gasteiger partial charge >= 0.3 is 0 Å². The van der Waals surface area contributed by atoms with E-state index in [1.54, 1.807) is 12.1 Å². The largest absolute Gasteiger partial charge is 0.378 e. The average molecular weight is 565 g/mol. The second-order valence-electron chi connectivity index (χ2n) is 11.0. The summed E-state index contributed by atoms with van der Waals surface area (Å²) in [7, 11) is 8.13. The molecular weight excluding hydrogens is 531 g/mol. The Balaban J connectivity index is 1.53. The zero-order chi connectivity index (χ0) is 28.7. The van der Waals surface area contributed by atoms with Gasteiger partial charge in [-0.05, 0) is 95.6 Å². The second-order valence-corrected chi connectivity index (χ2v) is 12.0. The molecule has 6 rings (SSSR count). The first-order valence-corrected chi connectivity index (χ1v) is 14.7. The molecule has 1 aliphatic carbocycles. The predicted octanol–water partition coefficient (Wildman–Crippen LogP) is 5.75. The van der Waals surface area contributed by atoms with E-state index in [-0.39, 0.29) is 17.4 Å². The third-order valence-corrected chi connectivity index (χ3v) is 8.76. The molecule has 0 bridgehead atoms. The zero-order valence-corrected chi connectivity index (χ0v) is 24.6. The van der Waals surface area contributed by atoms with E-state index in [2.05, 4.69) is 64.4 Å². The van der Waals surface area contributed by atoms with E-state index in [0.717, 1.165) is 53.0 Å². The highest BCUT2D eigenvalue weighted by atomic mass is 32.1. The molecule has 208 valence electrons. The van der Waals surface area contributed by atoms with Gasteiger partial charge in [0.1, 0.15) is 5.82 Å². The number of anilines is 2. The molecule has 2 heterocycles. The molecule has 3 aromatic carbocycles. The van der Waals surface area contributed by atoms with E-state index in [9.17, 15) is 9.18 Å². The van der Waals surface area contributed by atoms with Gasteiger partial charge in [-0.1, -0.05) is 47.7 Å². The molecule has 0 saturated heterocycles. The first kappa shape index (κ1) is 27.0. The van der Waals surface area contributed by atoms with E-state index in [4.69, 9.17) is 4.99 Å². The Bertz CT molecular complexity index is 1830. The maximum Gasteiger partial charge on any atom is 0.271 e. The van der Waals surface area contributed by atoms with Crippen molar-refractivity contribution in [2.45, 2.75) is 25.3 Å². The molecule has 5 nitrogen and oxygen atoms in total. The van der Waals surface area contributed by atoms with Gasteiger partial charge in [0.2, 0.25) is 0 Å². The van der Waals surface area contributed by atoms with E-state index in [1.165, 1.54) is 34.6 Å². The summed E-state index contributed by atoms with van der Waals surface area (Å²) in [5, 5.41) is 0. The van der Waals surface area contributed by atoms with Crippen molar-refractivity contribution in [1.29, 1.82) is 0 Å². The quantitative estimate of drug-likeness (QED) is 0.310. The number of allylic oxidation sites excluding steroid dienone is 2. The van der Waals surface area contributed by atoms with Crippen molar-refractivity contribution in [1.82, 2.24) is 4.57 Å². The normalized spacial score (nSPS) is 17.7. The summed E-state index contributed by atoms with van der Waals surface area (Å²) in [6, 6.07) is 23.0. The minimum absolute atomic E-state index is 0.0679. The fraction of sp³-hybridized carbons (Fsp3) is 0.235. The molecule has 0 fully saturated rings. The molecule has 0 radical (unpaired) electrons. The monoisotopic (exact) mass is 564 g/mol. The maximum atomic E-state index is 13.9. The van der Waals surface area contributed by atoms with Crippen LogP contribution >= 0.6 is 11.3 Å². The van der Waals surface area contributed by atoms with Crippen LogP contribution in [0.1, 0.15) is 42.0 Å². The summed E-state index contributed by atoms with van der Waals surface area (Å²) in [5.41, 5.74) is 8.59. The van der Waals surface area contributed by atoms with Crippen molar-refractivity contribution in [3.05, 3.63) is 132 Å². The van der Waals surface area contributed by atoms with Crippen molar-refractivity contribution in [3.63, 3.8) is 0 Å². The van der Waals surface area contributed by atoms with Crippen LogP contribution in [-0.4, -0.2) is 32.8 Å². The lowest BCUT2D eigenvalue weighted by atomic mass is 9.83. The smallest absolute Gasteiger partial charge is 0.271 e. The molecule has 1 atom stereocenters. The number of halogens is 1. The average Bonchev–Trinajstić information content (AvgIpc) is 3.28. The molecule has 0 N–H and O–H groups in total. The fourth-order valence-electron chi connectivity index (χ4n) is 5.59. The molecule has 1 aromatic heterocycles. The summed E-state index contributed by atoms with van der Waals surface area (Å²) >= 11 is 1.40. The van der Waals surface area contributed by atoms with Gasteiger partial charge in [0, 0.05) is 39.6 Å². The molecule has 0 saturated carbocycles. The van der Waals surface area contributed by atoms with Crippen LogP contribution in [0.2, 0.25) is 0 Å². The van der Waals surface area contributed by atoms with Crippen LogP contribution in [0, 0.1) is 5.82 Å². The van der Waals surface area contributed by atoms with Crippen molar-refractivity contribution in [3.8, 4) is 0 Å². The molecule has 7 heteroatoms. The molecular formula is C34H33FN4OS. The number of rotatable bonds is 5. The Hall–Kier alpha value is -4.23. The highest BCUT2D eigenvalue weighted by molar-refractivity contribution is 7.07. The lowest BCUT2D eigenvalue weighted by Crippen LogP contribution is -2.39. The van der Waals surface area contributed by atoms with Gasteiger partial charge in [0.15, 0.2) is 4.80 Å². The number of thiazole rings is 1. The standard InChI is InChI=1S/C34H33FN4OS/c1-37(2)27-16-10-22(11-17-27)20-25-6-5-7-29-31(25)36-34-39(32(29)24-12-18-28(19-13-24)38(3)4)33(40)30(41-34)21-23-8-14-26(35)15-9-23/h8-21,32H,5-7H2,1-4H3/b25-20+,30-21+/t32-/m1/s1. The number of fused-ring (bicyclic) bond motifs is 1. The summed E-state index contributed by atoms with van der Waals surface area (Å²) in [6.07, 6.45) is 6.91. The molecule has 0 spiro atoms. The van der Waals surface area contributed by atoms with Crippen molar-refractivity contribution in [2.75, 3.05) is 38.0 Å². The van der Waals surface area contributed by atoms with Crippen molar-refractivity contribution in [2.24, 2.45) is 4.99 Å². The lowest BCUT2D eigenvalue weighted by molar-refractivity contribution is 0.553. The summed E-state index contributed by atoms with van der Waals surface area (Å²) in [5.74, 6) is -0.298. The van der Waals surface area contributed by atoms with Crippen LogP contribution in [0.5, 0.6) is 0 Å². The van der Waals surface area contributed by atoms with Gasteiger partial charge in [-0.15, -0.1) is 0 Å². The number of hydrogen-bond donors (Lipinski definition) is 0. The van der Waals surface area contributed by atoms with Crippen LogP contribution in [0.4, 0.5) is 15.8 Å². The number of aromatic nitrogens is 1. The Kier molecular flexibility index (Phi) is 7.22. The van der Waals surface area contributed by atoms with Gasteiger partial charge in [-0.3, -0.25) is 9.36 Å². The fourth-order valence-corrected chi connectivity index (χ4v) is 6.59. The van der Waals surface area contributed by atoms with E-state index >= 15 is 0 Å². The minimum Gasteiger partial charge on any atom is -0.378 e. The Labute approximate surface area is 243 Å². The Morgan fingerprint density at radius 1 is 0.829 bits per heavy atom. The number of nitrogens with zero attached hydrogens (tertiary/aromatic N) is 4. The molecule has 41 heavy (non-hydrogen) atoms. The van der Waals surface area contributed by atoms with Crippen molar-refractivity contribution >= 4 is 34.9 Å². The van der Waals surface area contributed by atoms with Gasteiger partial charge < -0.3 is 9.80 Å². The molecule has 0 amide bonds. The van der Waals surface area contributed by atoms with Crippen LogP contribution in [-0.2, 0) is 0 Å². The second kappa shape index (κ2) is 11.0. The highest BCUT2D eigenvalue weighted by Crippen LogP contribution is 2.41. The Morgan fingerprint density at radius 2 is 1.41 bits per heavy atom. The van der Waals surface area contributed by atoms with Gasteiger partial charge in [-0.25, -0.2) is 9.38 Å². The van der Waals surface area contributed by atoms with E-state index in [0.29, 0.717) is 9.33 Å². The zero-order valence-electron chi connectivity index (χ0n) is 23.8. The molecule has 4 aromatic rings. The summed E-state index contributed by atoms with van der Waals surface area (Å²) in [6.45, 7) is 0. The molecule has 2 aliphatic rings. The van der Waals surface area contributed by atoms with Crippen LogP contribution in [0.15, 0.2) is 99.4 Å². The Morgan fingerprint density at radius 3 is 2.05 bits per heavy atom. The number of benzene rings is 3. The highest BCUT2D eigenvalue weighted by Gasteiger charge is 2.32. The number of hydrogen-bond acceptors (Lipinski definition) is 5. The topological polar surface area (TPSA) is 40.8 Å². The molecule has 0 unspecified atom stereocenters. The first-order valence-electron chi connectivity index (χ1n) is 13.8. The molecule has 1 aliphatic heterocycles. The van der Waals surface area contributed by atoms with Gasteiger partial charge in [0.25, 0.3) is 5.56 Å². The summed E-state index contributed by atoms with van der Waals surface area (Å²) < 4.78 is 16.0. The van der Waals surface area contributed by atoms with Crippen LogP contribution in [0.25, 0.3) is 12.2 Å². The SMILES string of the molecule is CN(C)c1ccc(/C=C2\CCCC3=C2N=c2s/c(=C/c4ccc(F)cc4)c(=O)n2[C@@H]3c2ccc(N(C)C)cc2)cc1. The summed E-state index contributed by atoms with van der Waals surface area (Å²) in [4.78, 5) is 23.9. The van der Waals surface area contributed by atoms with Crippen LogP contribution < -0.4 is 24.7 Å². The minimum atomic E-state index is -0.298. The third kappa shape index (κ3) is 5.30. The first-order chi connectivity index (χ1) is 19.8. The predicted molar refractivity (Wildman–Crippen MR) is 168 cm³/mol. The lowest BCUT2D eigenvalue weighted by Gasteiger charge is -2.31. The van der Waals surface area contributed by atoms with Crippen LogP contribution in [0.3, 0.4) is 0 Å². The van der Waals surface area contributed by atoms with Gasteiger partial charge in [0.05, 0.1) is 16.3 Å². The van der Waals surface area contributed by atoms with Crippen molar-refractivity contribution < 1.29 is 4.39 Å². The third-order valence-electron chi connectivity index (χ3n) is 7.78. The van der Waals surface area contributed by atoms with Gasteiger partial charge in [-0.2, -0.15) is 0 Å².